The molecule has 0 aliphatic rings. The molecule has 0 fully saturated rings. The Balaban J connectivity index is 1.95. The molecule has 1 unspecified atom stereocenters. The van der Waals surface area contributed by atoms with E-state index in [1.807, 2.05) is 30.5 Å². The first-order valence-electron chi connectivity index (χ1n) is 5.80. The number of benzene rings is 1. The maximum Gasteiger partial charge on any atom is 0.157 e. The largest absolute Gasteiger partial charge is 0.361 e. The topological polar surface area (TPSA) is 66.5 Å². The van der Waals surface area contributed by atoms with E-state index in [4.69, 9.17) is 0 Å². The van der Waals surface area contributed by atoms with Gasteiger partial charge < -0.3 is 5.32 Å². The zero-order chi connectivity index (χ0) is 12.4. The molecule has 1 atom stereocenters. The first-order valence-corrected chi connectivity index (χ1v) is 5.80. The Labute approximate surface area is 104 Å². The standard InChI is InChI=1S/C13H13N5/c1-9(11-7-14-15-8-11)17-13-12-5-3-2-4-10(12)6-16-18-13/h2-9H,1H3,(H,14,15)(H,17,18). The van der Waals surface area contributed by atoms with Gasteiger partial charge in [0.1, 0.15) is 0 Å². The molecule has 5 nitrogen and oxygen atoms in total. The molecule has 5 heteroatoms. The summed E-state index contributed by atoms with van der Waals surface area (Å²) in [7, 11) is 0. The summed E-state index contributed by atoms with van der Waals surface area (Å²) in [6.07, 6.45) is 5.44. The highest BCUT2D eigenvalue weighted by atomic mass is 15.2. The number of H-pyrrole nitrogens is 1. The van der Waals surface area contributed by atoms with E-state index in [-0.39, 0.29) is 6.04 Å². The van der Waals surface area contributed by atoms with Crippen LogP contribution in [0.3, 0.4) is 0 Å². The van der Waals surface area contributed by atoms with Gasteiger partial charge in [-0.15, -0.1) is 5.10 Å². The van der Waals surface area contributed by atoms with E-state index < -0.39 is 0 Å². The number of nitrogens with one attached hydrogen (secondary N) is 2. The van der Waals surface area contributed by atoms with E-state index in [2.05, 4.69) is 32.6 Å². The number of aromatic nitrogens is 4. The van der Waals surface area contributed by atoms with Gasteiger partial charge in [0.25, 0.3) is 0 Å². The first kappa shape index (κ1) is 10.7. The van der Waals surface area contributed by atoms with Crippen molar-refractivity contribution in [1.29, 1.82) is 0 Å². The molecule has 3 aromatic rings. The number of hydrogen-bond donors (Lipinski definition) is 2. The lowest BCUT2D eigenvalue weighted by atomic mass is 10.1. The van der Waals surface area contributed by atoms with Gasteiger partial charge in [-0.2, -0.15) is 10.2 Å². The van der Waals surface area contributed by atoms with Crippen LogP contribution in [0.1, 0.15) is 18.5 Å². The van der Waals surface area contributed by atoms with E-state index in [1.54, 1.807) is 12.4 Å². The smallest absolute Gasteiger partial charge is 0.157 e. The second-order valence-electron chi connectivity index (χ2n) is 4.18. The Morgan fingerprint density at radius 2 is 2.11 bits per heavy atom. The molecule has 90 valence electrons. The molecular weight excluding hydrogens is 226 g/mol. The van der Waals surface area contributed by atoms with Gasteiger partial charge in [-0.05, 0) is 6.92 Å². The highest BCUT2D eigenvalue weighted by Gasteiger charge is 2.09. The van der Waals surface area contributed by atoms with Crippen molar-refractivity contribution in [3.05, 3.63) is 48.4 Å². The second-order valence-corrected chi connectivity index (χ2v) is 4.18. The molecule has 0 saturated carbocycles. The van der Waals surface area contributed by atoms with Gasteiger partial charge in [-0.1, -0.05) is 24.3 Å². The molecular formula is C13H13N5. The van der Waals surface area contributed by atoms with Crippen LogP contribution in [-0.2, 0) is 0 Å². The number of fused-ring (bicyclic) bond motifs is 1. The number of anilines is 1. The van der Waals surface area contributed by atoms with Gasteiger partial charge in [0.2, 0.25) is 0 Å². The zero-order valence-corrected chi connectivity index (χ0v) is 9.96. The summed E-state index contributed by atoms with van der Waals surface area (Å²) in [5, 5.41) is 20.4. The summed E-state index contributed by atoms with van der Waals surface area (Å²) in [6, 6.07) is 8.18. The SMILES string of the molecule is CC(Nc1nncc2ccccc12)c1cn[nH]c1. The molecule has 0 saturated heterocycles. The Bertz CT molecular complexity index is 642. The lowest BCUT2D eigenvalue weighted by Gasteiger charge is -2.13. The zero-order valence-electron chi connectivity index (χ0n) is 9.96. The highest BCUT2D eigenvalue weighted by Crippen LogP contribution is 2.23. The lowest BCUT2D eigenvalue weighted by Crippen LogP contribution is -2.08. The molecule has 0 spiro atoms. The molecule has 18 heavy (non-hydrogen) atoms. The molecule has 0 amide bonds. The van der Waals surface area contributed by atoms with Crippen molar-refractivity contribution < 1.29 is 0 Å². The van der Waals surface area contributed by atoms with Crippen LogP contribution >= 0.6 is 0 Å². The Morgan fingerprint density at radius 1 is 1.22 bits per heavy atom. The van der Waals surface area contributed by atoms with Gasteiger partial charge >= 0.3 is 0 Å². The third kappa shape index (κ3) is 1.90. The van der Waals surface area contributed by atoms with E-state index >= 15 is 0 Å². The maximum absolute atomic E-state index is 4.17. The molecule has 2 heterocycles. The summed E-state index contributed by atoms with van der Waals surface area (Å²) in [6.45, 7) is 2.06. The summed E-state index contributed by atoms with van der Waals surface area (Å²) >= 11 is 0. The van der Waals surface area contributed by atoms with Gasteiger partial charge in [-0.3, -0.25) is 5.10 Å². The molecule has 0 aliphatic heterocycles. The van der Waals surface area contributed by atoms with Crippen LogP contribution in [-0.4, -0.2) is 20.4 Å². The summed E-state index contributed by atoms with van der Waals surface area (Å²) < 4.78 is 0. The normalized spacial score (nSPS) is 12.5. The highest BCUT2D eigenvalue weighted by molar-refractivity contribution is 5.90. The maximum atomic E-state index is 4.17. The predicted octanol–water partition coefficient (Wildman–Crippen LogP) is 2.53. The van der Waals surface area contributed by atoms with Crippen molar-refractivity contribution in [1.82, 2.24) is 20.4 Å². The van der Waals surface area contributed by atoms with Gasteiger partial charge in [-0.25, -0.2) is 0 Å². The van der Waals surface area contributed by atoms with Crippen molar-refractivity contribution in [3.8, 4) is 0 Å². The van der Waals surface area contributed by atoms with Crippen LogP contribution in [0, 0.1) is 0 Å². The Hall–Kier alpha value is -2.43. The molecule has 0 radical (unpaired) electrons. The fraction of sp³-hybridized carbons (Fsp3) is 0.154. The Morgan fingerprint density at radius 3 is 2.94 bits per heavy atom. The van der Waals surface area contributed by atoms with Gasteiger partial charge in [0.05, 0.1) is 18.4 Å². The van der Waals surface area contributed by atoms with Crippen molar-refractivity contribution in [2.45, 2.75) is 13.0 Å². The van der Waals surface area contributed by atoms with Crippen LogP contribution < -0.4 is 5.32 Å². The van der Waals surface area contributed by atoms with Crippen LogP contribution in [0.2, 0.25) is 0 Å². The molecule has 3 rings (SSSR count). The molecule has 2 aromatic heterocycles. The van der Waals surface area contributed by atoms with E-state index in [1.165, 1.54) is 0 Å². The monoisotopic (exact) mass is 239 g/mol. The minimum atomic E-state index is 0.129. The summed E-state index contributed by atoms with van der Waals surface area (Å²) in [5.41, 5.74) is 1.09. The first-order chi connectivity index (χ1) is 8.84. The third-order valence-corrected chi connectivity index (χ3v) is 2.94. The molecule has 0 aliphatic carbocycles. The van der Waals surface area contributed by atoms with Crippen molar-refractivity contribution in [3.63, 3.8) is 0 Å². The molecule has 2 N–H and O–H groups in total. The lowest BCUT2D eigenvalue weighted by molar-refractivity contribution is 0.866. The van der Waals surface area contributed by atoms with Gasteiger partial charge in [0, 0.05) is 22.5 Å². The predicted molar refractivity (Wildman–Crippen MR) is 70.2 cm³/mol. The van der Waals surface area contributed by atoms with Crippen LogP contribution in [0.15, 0.2) is 42.9 Å². The van der Waals surface area contributed by atoms with Crippen LogP contribution in [0.25, 0.3) is 10.8 Å². The van der Waals surface area contributed by atoms with Crippen molar-refractivity contribution in [2.24, 2.45) is 0 Å². The minimum Gasteiger partial charge on any atom is -0.361 e. The fourth-order valence-corrected chi connectivity index (χ4v) is 1.92. The number of aromatic amines is 1. The molecule has 0 bridgehead atoms. The van der Waals surface area contributed by atoms with Crippen LogP contribution in [0.5, 0.6) is 0 Å². The fourth-order valence-electron chi connectivity index (χ4n) is 1.92. The van der Waals surface area contributed by atoms with Crippen molar-refractivity contribution in [2.75, 3.05) is 5.32 Å². The molecule has 1 aromatic carbocycles. The number of hydrogen-bond acceptors (Lipinski definition) is 4. The van der Waals surface area contributed by atoms with E-state index in [0.717, 1.165) is 22.2 Å². The van der Waals surface area contributed by atoms with E-state index in [9.17, 15) is 0 Å². The summed E-state index contributed by atoms with van der Waals surface area (Å²) in [5.74, 6) is 0.793. The van der Waals surface area contributed by atoms with Crippen molar-refractivity contribution >= 4 is 16.6 Å². The third-order valence-electron chi connectivity index (χ3n) is 2.94. The van der Waals surface area contributed by atoms with Gasteiger partial charge in [0.15, 0.2) is 5.82 Å². The average molecular weight is 239 g/mol. The number of nitrogens with zero attached hydrogens (tertiary/aromatic N) is 3. The quantitative estimate of drug-likeness (QED) is 0.737. The van der Waals surface area contributed by atoms with E-state index in [0.29, 0.717) is 0 Å². The Kier molecular flexibility index (Phi) is 2.64. The van der Waals surface area contributed by atoms with Crippen LogP contribution in [0.4, 0.5) is 5.82 Å². The minimum absolute atomic E-state index is 0.129. The number of rotatable bonds is 3. The second kappa shape index (κ2) is 4.44. The summed E-state index contributed by atoms with van der Waals surface area (Å²) in [4.78, 5) is 0. The average Bonchev–Trinajstić information content (AvgIpc) is 2.93.